The van der Waals surface area contributed by atoms with Crippen LogP contribution in [-0.4, -0.2) is 29.3 Å². The van der Waals surface area contributed by atoms with E-state index in [0.717, 1.165) is 30.3 Å². The van der Waals surface area contributed by atoms with Crippen molar-refractivity contribution in [2.45, 2.75) is 11.1 Å². The summed E-state index contributed by atoms with van der Waals surface area (Å²) in [6.07, 6.45) is -5.25. The molecule has 0 unspecified atom stereocenters. The summed E-state index contributed by atoms with van der Waals surface area (Å²) < 4.78 is 81.0. The summed E-state index contributed by atoms with van der Waals surface area (Å²) in [5.74, 6) is -3.02. The number of aromatic nitrogens is 3. The van der Waals surface area contributed by atoms with Crippen LogP contribution < -0.4 is 4.72 Å². The molecule has 3 rings (SSSR count). The highest BCUT2D eigenvalue weighted by atomic mass is 35.5. The third-order valence-corrected chi connectivity index (χ3v) is 5.86. The molecule has 0 fully saturated rings. The highest BCUT2D eigenvalue weighted by Gasteiger charge is 2.43. The van der Waals surface area contributed by atoms with Gasteiger partial charge in [0.2, 0.25) is 0 Å². The summed E-state index contributed by atoms with van der Waals surface area (Å²) in [7, 11) is -4.87. The average Bonchev–Trinajstić information content (AvgIpc) is 3.06. The predicted molar refractivity (Wildman–Crippen MR) is 102 cm³/mol. The lowest BCUT2D eigenvalue weighted by molar-refractivity contribution is -0.143. The number of hydrogen-bond donors (Lipinski definition) is 1. The Morgan fingerprint density at radius 2 is 1.65 bits per heavy atom. The fraction of sp³-hybridized carbons (Fsp3) is 0.0625. The van der Waals surface area contributed by atoms with Crippen LogP contribution in [0.4, 0.5) is 17.6 Å². The van der Waals surface area contributed by atoms with Crippen LogP contribution >= 0.6 is 34.8 Å². The van der Waals surface area contributed by atoms with E-state index in [2.05, 4.69) is 10.3 Å². The molecule has 31 heavy (non-hydrogen) atoms. The van der Waals surface area contributed by atoms with Crippen molar-refractivity contribution in [3.05, 3.63) is 68.7 Å². The fourth-order valence-corrected chi connectivity index (χ4v) is 4.48. The average molecular weight is 518 g/mol. The van der Waals surface area contributed by atoms with Crippen LogP contribution in [0.5, 0.6) is 0 Å². The van der Waals surface area contributed by atoms with Gasteiger partial charge in [-0.25, -0.2) is 22.2 Å². The number of alkyl halides is 3. The standard InChI is InChI=1S/C16H7Cl3F4N4O3S/c17-7-5-8(18)13(9(19)6-7)27-14(16(21,22)23)12(24-26-27)15(28)25-31(29,30)11-4-2-1-3-10(11)20/h1-6H,(H,25,28). The topological polar surface area (TPSA) is 93.9 Å². The summed E-state index contributed by atoms with van der Waals surface area (Å²) in [4.78, 5) is 11.4. The Morgan fingerprint density at radius 1 is 1.06 bits per heavy atom. The van der Waals surface area contributed by atoms with E-state index in [0.29, 0.717) is 0 Å². The number of halogens is 7. The number of carbonyl (C=O) groups excluding carboxylic acids is 1. The van der Waals surface area contributed by atoms with Crippen molar-refractivity contribution < 1.29 is 30.8 Å². The zero-order valence-corrected chi connectivity index (χ0v) is 17.7. The van der Waals surface area contributed by atoms with Gasteiger partial charge >= 0.3 is 6.18 Å². The first kappa shape index (κ1) is 23.3. The van der Waals surface area contributed by atoms with Gasteiger partial charge in [-0.1, -0.05) is 52.1 Å². The molecule has 0 spiro atoms. The normalized spacial score (nSPS) is 12.1. The van der Waals surface area contributed by atoms with E-state index < -0.39 is 49.9 Å². The Bertz CT molecular complexity index is 1270. The predicted octanol–water partition coefficient (Wildman–Crippen LogP) is 4.50. The maximum Gasteiger partial charge on any atom is 0.435 e. The van der Waals surface area contributed by atoms with Gasteiger partial charge in [0.25, 0.3) is 15.9 Å². The van der Waals surface area contributed by atoms with Gasteiger partial charge in [-0.2, -0.15) is 13.2 Å². The lowest BCUT2D eigenvalue weighted by Crippen LogP contribution is -2.33. The zero-order valence-electron chi connectivity index (χ0n) is 14.6. The SMILES string of the molecule is O=C(NS(=O)(=O)c1ccccc1F)c1nnn(-c2c(Cl)cc(Cl)cc2Cl)c1C(F)(F)F. The first-order chi connectivity index (χ1) is 14.3. The second kappa shape index (κ2) is 8.26. The van der Waals surface area contributed by atoms with E-state index in [1.165, 1.54) is 10.8 Å². The van der Waals surface area contributed by atoms with E-state index in [1.54, 1.807) is 0 Å². The van der Waals surface area contributed by atoms with Gasteiger partial charge in [-0.3, -0.25) is 4.79 Å². The Balaban J connectivity index is 2.12. The molecule has 1 heterocycles. The van der Waals surface area contributed by atoms with E-state index in [1.807, 2.05) is 0 Å². The van der Waals surface area contributed by atoms with Crippen LogP contribution in [0.3, 0.4) is 0 Å². The molecule has 3 aromatic rings. The van der Waals surface area contributed by atoms with E-state index >= 15 is 0 Å². The number of rotatable bonds is 4. The van der Waals surface area contributed by atoms with Crippen LogP contribution in [-0.2, 0) is 16.2 Å². The van der Waals surface area contributed by atoms with Gasteiger partial charge in [-0.05, 0) is 24.3 Å². The van der Waals surface area contributed by atoms with Gasteiger partial charge in [0.05, 0.1) is 10.0 Å². The lowest BCUT2D eigenvalue weighted by Gasteiger charge is -2.14. The van der Waals surface area contributed by atoms with Crippen molar-refractivity contribution in [2.24, 2.45) is 0 Å². The molecule has 0 aliphatic heterocycles. The minimum Gasteiger partial charge on any atom is -0.266 e. The quantitative estimate of drug-likeness (QED) is 0.514. The van der Waals surface area contributed by atoms with Crippen LogP contribution in [0.25, 0.3) is 5.69 Å². The Kier molecular flexibility index (Phi) is 6.20. The second-order valence-corrected chi connectivity index (χ2v) is 8.68. The molecule has 164 valence electrons. The molecule has 15 heteroatoms. The molecule has 0 aliphatic carbocycles. The zero-order chi connectivity index (χ0) is 23.1. The smallest absolute Gasteiger partial charge is 0.266 e. The third-order valence-electron chi connectivity index (χ3n) is 3.70. The fourth-order valence-electron chi connectivity index (χ4n) is 2.47. The van der Waals surface area contributed by atoms with Crippen LogP contribution in [0, 0.1) is 5.82 Å². The minimum absolute atomic E-state index is 0.0152. The molecule has 1 aromatic heterocycles. The molecule has 1 N–H and O–H groups in total. The molecule has 2 aromatic carbocycles. The number of hydrogen-bond acceptors (Lipinski definition) is 5. The van der Waals surface area contributed by atoms with E-state index in [4.69, 9.17) is 34.8 Å². The van der Waals surface area contributed by atoms with Crippen molar-refractivity contribution >= 4 is 50.7 Å². The molecular formula is C16H7Cl3F4N4O3S. The lowest BCUT2D eigenvalue weighted by atomic mass is 10.2. The number of nitrogens with zero attached hydrogens (tertiary/aromatic N) is 3. The van der Waals surface area contributed by atoms with Crippen molar-refractivity contribution in [3.8, 4) is 5.69 Å². The summed E-state index contributed by atoms with van der Waals surface area (Å²) in [5.41, 5.74) is -3.67. The van der Waals surface area contributed by atoms with Crippen molar-refractivity contribution in [3.63, 3.8) is 0 Å². The first-order valence-electron chi connectivity index (χ1n) is 7.82. The summed E-state index contributed by atoms with van der Waals surface area (Å²) in [5, 5.41) is 5.71. The Morgan fingerprint density at radius 3 is 2.19 bits per heavy atom. The van der Waals surface area contributed by atoms with E-state index in [-0.39, 0.29) is 19.7 Å². The maximum atomic E-state index is 13.8. The number of sulfonamides is 1. The molecule has 0 saturated carbocycles. The number of carbonyl (C=O) groups is 1. The van der Waals surface area contributed by atoms with Crippen molar-refractivity contribution in [1.29, 1.82) is 0 Å². The van der Waals surface area contributed by atoms with Gasteiger partial charge in [0.15, 0.2) is 11.4 Å². The Labute approximate surface area is 186 Å². The molecule has 7 nitrogen and oxygen atoms in total. The second-order valence-electron chi connectivity index (χ2n) is 5.78. The molecule has 0 atom stereocenters. The molecule has 0 radical (unpaired) electrons. The van der Waals surface area contributed by atoms with Crippen LogP contribution in [0.2, 0.25) is 15.1 Å². The van der Waals surface area contributed by atoms with Gasteiger partial charge in [-0.15, -0.1) is 5.10 Å². The van der Waals surface area contributed by atoms with Crippen molar-refractivity contribution in [2.75, 3.05) is 0 Å². The molecule has 0 bridgehead atoms. The minimum atomic E-state index is -5.25. The van der Waals surface area contributed by atoms with Gasteiger partial charge in [0, 0.05) is 5.02 Å². The number of benzene rings is 2. The molecule has 1 amide bonds. The highest BCUT2D eigenvalue weighted by molar-refractivity contribution is 7.90. The summed E-state index contributed by atoms with van der Waals surface area (Å²) >= 11 is 17.6. The van der Waals surface area contributed by atoms with Gasteiger partial charge < -0.3 is 0 Å². The van der Waals surface area contributed by atoms with Gasteiger partial charge in [0.1, 0.15) is 16.4 Å². The monoisotopic (exact) mass is 516 g/mol. The maximum absolute atomic E-state index is 13.8. The van der Waals surface area contributed by atoms with E-state index in [9.17, 15) is 30.8 Å². The number of nitrogens with one attached hydrogen (secondary N) is 1. The van der Waals surface area contributed by atoms with Crippen LogP contribution in [0.15, 0.2) is 41.3 Å². The summed E-state index contributed by atoms with van der Waals surface area (Å²) in [6, 6.07) is 6.11. The Hall–Kier alpha value is -2.41. The molecular weight excluding hydrogens is 511 g/mol. The molecule has 0 saturated heterocycles. The largest absolute Gasteiger partial charge is 0.435 e. The molecule has 0 aliphatic rings. The van der Waals surface area contributed by atoms with Crippen molar-refractivity contribution in [1.82, 2.24) is 19.7 Å². The third kappa shape index (κ3) is 4.61. The highest BCUT2D eigenvalue weighted by Crippen LogP contribution is 2.38. The first-order valence-corrected chi connectivity index (χ1v) is 10.4. The number of amides is 1. The van der Waals surface area contributed by atoms with Crippen LogP contribution in [0.1, 0.15) is 16.2 Å². The summed E-state index contributed by atoms with van der Waals surface area (Å²) in [6.45, 7) is 0.